The molecule has 150 valence electrons. The Morgan fingerprint density at radius 1 is 0.759 bits per heavy atom. The molecule has 0 aliphatic carbocycles. The maximum absolute atomic E-state index is 9.73. The molecule has 0 radical (unpaired) electrons. The van der Waals surface area contributed by atoms with Crippen LogP contribution in [-0.2, 0) is 0 Å². The molecule has 3 nitrogen and oxygen atoms in total. The summed E-state index contributed by atoms with van der Waals surface area (Å²) < 4.78 is 5.61. The molecule has 0 unspecified atom stereocenters. The van der Waals surface area contributed by atoms with Crippen LogP contribution in [0.1, 0.15) is 37.0 Å². The van der Waals surface area contributed by atoms with Gasteiger partial charge in [-0.2, -0.15) is 0 Å². The topological polar surface area (TPSA) is 49.7 Å². The summed E-state index contributed by atoms with van der Waals surface area (Å²) >= 11 is 0. The molecule has 0 aromatic heterocycles. The summed E-state index contributed by atoms with van der Waals surface area (Å²) in [6.45, 7) is 3.78. The van der Waals surface area contributed by atoms with Crippen LogP contribution in [0.25, 0.3) is 11.1 Å². The van der Waals surface area contributed by atoms with Crippen LogP contribution in [0.4, 0.5) is 0 Å². The summed E-state index contributed by atoms with van der Waals surface area (Å²) in [5.74, 6) is 0.665. The molecule has 0 aliphatic rings. The zero-order chi connectivity index (χ0) is 20.6. The number of rotatable bonds is 8. The number of benzene rings is 3. The Labute approximate surface area is 172 Å². The highest BCUT2D eigenvalue weighted by atomic mass is 16.5. The van der Waals surface area contributed by atoms with Gasteiger partial charge in [0.1, 0.15) is 18.5 Å². The molecular weight excluding hydrogens is 360 g/mol. The fraction of sp³-hybridized carbons (Fsp3) is 0.231. The van der Waals surface area contributed by atoms with Crippen molar-refractivity contribution in [1.82, 2.24) is 0 Å². The van der Waals surface area contributed by atoms with Gasteiger partial charge in [-0.05, 0) is 53.3 Å². The fourth-order valence-electron chi connectivity index (χ4n) is 3.32. The predicted octanol–water partition coefficient (Wildman–Crippen LogP) is 5.18. The second-order valence-electron chi connectivity index (χ2n) is 7.08. The number of aliphatic hydroxyl groups excluding tert-OH is 2. The first-order valence-electron chi connectivity index (χ1n) is 10.0. The molecule has 29 heavy (non-hydrogen) atoms. The number of hydrogen-bond acceptors (Lipinski definition) is 3. The third-order valence-electron chi connectivity index (χ3n) is 4.96. The lowest BCUT2D eigenvalue weighted by atomic mass is 9.88. The molecule has 0 saturated heterocycles. The molecule has 0 amide bonds. The average Bonchev–Trinajstić information content (AvgIpc) is 2.77. The first kappa shape index (κ1) is 20.8. The summed E-state index contributed by atoms with van der Waals surface area (Å²) in [5, 5.41) is 19.1. The SMILES string of the molecule is CC/C(=C(/c1ccccc1)c1ccc(OC[C@@H](O)[C@H](C)O)cc1)c1ccccc1. The third-order valence-corrected chi connectivity index (χ3v) is 4.96. The maximum Gasteiger partial charge on any atom is 0.119 e. The lowest BCUT2D eigenvalue weighted by Crippen LogP contribution is -2.29. The van der Waals surface area contributed by atoms with Gasteiger partial charge in [-0.3, -0.25) is 0 Å². The first-order chi connectivity index (χ1) is 14.1. The standard InChI is InChI=1S/C26H28O3/c1-3-24(20-10-6-4-7-11-20)26(21-12-8-5-9-13-21)22-14-16-23(17-15-22)29-18-25(28)19(2)27/h4-17,19,25,27-28H,3,18H2,1-2H3/b26-24+/t19-,25+/m0/s1. The van der Waals surface area contributed by atoms with Crippen molar-refractivity contribution >= 4 is 11.1 Å². The summed E-state index contributed by atoms with van der Waals surface area (Å²) in [6, 6.07) is 28.8. The van der Waals surface area contributed by atoms with Gasteiger partial charge in [0.15, 0.2) is 0 Å². The minimum absolute atomic E-state index is 0.0582. The van der Waals surface area contributed by atoms with Crippen molar-refractivity contribution in [1.29, 1.82) is 0 Å². The largest absolute Gasteiger partial charge is 0.491 e. The maximum atomic E-state index is 9.73. The summed E-state index contributed by atoms with van der Waals surface area (Å²) in [7, 11) is 0. The van der Waals surface area contributed by atoms with Gasteiger partial charge in [-0.15, -0.1) is 0 Å². The monoisotopic (exact) mass is 388 g/mol. The molecule has 0 heterocycles. The molecule has 0 saturated carbocycles. The zero-order valence-electron chi connectivity index (χ0n) is 17.0. The molecule has 0 aliphatic heterocycles. The Kier molecular flexibility index (Phi) is 7.23. The zero-order valence-corrected chi connectivity index (χ0v) is 17.0. The normalized spacial score (nSPS) is 14.1. The Morgan fingerprint density at radius 2 is 1.28 bits per heavy atom. The molecule has 2 N–H and O–H groups in total. The lowest BCUT2D eigenvalue weighted by Gasteiger charge is -2.17. The van der Waals surface area contributed by atoms with Gasteiger partial charge in [-0.25, -0.2) is 0 Å². The Morgan fingerprint density at radius 3 is 1.79 bits per heavy atom. The first-order valence-corrected chi connectivity index (χ1v) is 10.0. The molecule has 3 aromatic carbocycles. The van der Waals surface area contributed by atoms with E-state index in [4.69, 9.17) is 4.74 Å². The van der Waals surface area contributed by atoms with Crippen LogP contribution in [0, 0.1) is 0 Å². The second kappa shape index (κ2) is 10.1. The number of allylic oxidation sites excluding steroid dienone is 1. The highest BCUT2D eigenvalue weighted by molar-refractivity contribution is 5.98. The molecule has 3 heteroatoms. The van der Waals surface area contributed by atoms with E-state index in [0.717, 1.165) is 12.0 Å². The number of hydrogen-bond donors (Lipinski definition) is 2. The van der Waals surface area contributed by atoms with Crippen molar-refractivity contribution in [2.45, 2.75) is 32.5 Å². The fourth-order valence-corrected chi connectivity index (χ4v) is 3.32. The van der Waals surface area contributed by atoms with E-state index in [-0.39, 0.29) is 6.61 Å². The van der Waals surface area contributed by atoms with E-state index >= 15 is 0 Å². The van der Waals surface area contributed by atoms with E-state index in [0.29, 0.717) is 5.75 Å². The Balaban J connectivity index is 1.98. The van der Waals surface area contributed by atoms with Crippen molar-refractivity contribution < 1.29 is 14.9 Å². The van der Waals surface area contributed by atoms with Gasteiger partial charge >= 0.3 is 0 Å². The van der Waals surface area contributed by atoms with Crippen molar-refractivity contribution in [3.05, 3.63) is 102 Å². The second-order valence-corrected chi connectivity index (χ2v) is 7.08. The van der Waals surface area contributed by atoms with Gasteiger partial charge in [-0.1, -0.05) is 79.7 Å². The molecule has 2 atom stereocenters. The van der Waals surface area contributed by atoms with E-state index in [1.54, 1.807) is 6.92 Å². The highest BCUT2D eigenvalue weighted by Gasteiger charge is 2.14. The van der Waals surface area contributed by atoms with E-state index in [1.807, 2.05) is 36.4 Å². The molecule has 3 aromatic rings. The third kappa shape index (κ3) is 5.35. The van der Waals surface area contributed by atoms with Crippen molar-refractivity contribution in [2.24, 2.45) is 0 Å². The summed E-state index contributed by atoms with van der Waals surface area (Å²) in [4.78, 5) is 0. The van der Waals surface area contributed by atoms with Crippen LogP contribution in [0.3, 0.4) is 0 Å². The number of ether oxygens (including phenoxy) is 1. The quantitative estimate of drug-likeness (QED) is 0.523. The molecule has 0 fully saturated rings. The minimum Gasteiger partial charge on any atom is -0.491 e. The van der Waals surface area contributed by atoms with Gasteiger partial charge in [0.2, 0.25) is 0 Å². The van der Waals surface area contributed by atoms with Crippen molar-refractivity contribution in [3.8, 4) is 5.75 Å². The van der Waals surface area contributed by atoms with Crippen LogP contribution in [0.15, 0.2) is 84.9 Å². The van der Waals surface area contributed by atoms with Crippen LogP contribution in [0.5, 0.6) is 5.75 Å². The van der Waals surface area contributed by atoms with Crippen molar-refractivity contribution in [3.63, 3.8) is 0 Å². The minimum atomic E-state index is -0.903. The van der Waals surface area contributed by atoms with Gasteiger partial charge < -0.3 is 14.9 Å². The summed E-state index contributed by atoms with van der Waals surface area (Å²) in [5.41, 5.74) is 5.99. The van der Waals surface area contributed by atoms with Gasteiger partial charge in [0, 0.05) is 0 Å². The van der Waals surface area contributed by atoms with Crippen LogP contribution in [0.2, 0.25) is 0 Å². The van der Waals surface area contributed by atoms with E-state index in [2.05, 4.69) is 55.5 Å². The van der Waals surface area contributed by atoms with Crippen LogP contribution >= 0.6 is 0 Å². The van der Waals surface area contributed by atoms with E-state index < -0.39 is 12.2 Å². The predicted molar refractivity (Wildman–Crippen MR) is 119 cm³/mol. The molecule has 0 bridgehead atoms. The summed E-state index contributed by atoms with van der Waals surface area (Å²) in [6.07, 6.45) is -0.813. The van der Waals surface area contributed by atoms with Gasteiger partial charge in [0.25, 0.3) is 0 Å². The average molecular weight is 389 g/mol. The molecule has 0 spiro atoms. The number of aliphatic hydroxyl groups is 2. The Bertz CT molecular complexity index is 913. The Hall–Kier alpha value is -2.88. The highest BCUT2D eigenvalue weighted by Crippen LogP contribution is 2.34. The molecular formula is C26H28O3. The van der Waals surface area contributed by atoms with Crippen LogP contribution in [-0.4, -0.2) is 29.0 Å². The molecule has 3 rings (SSSR count). The smallest absolute Gasteiger partial charge is 0.119 e. The van der Waals surface area contributed by atoms with Crippen molar-refractivity contribution in [2.75, 3.05) is 6.61 Å². The van der Waals surface area contributed by atoms with Crippen LogP contribution < -0.4 is 4.74 Å². The lowest BCUT2D eigenvalue weighted by molar-refractivity contribution is 0.00227. The van der Waals surface area contributed by atoms with E-state index in [1.165, 1.54) is 22.3 Å². The van der Waals surface area contributed by atoms with E-state index in [9.17, 15) is 10.2 Å². The van der Waals surface area contributed by atoms with Gasteiger partial charge in [0.05, 0.1) is 6.10 Å².